The quantitative estimate of drug-likeness (QED) is 0.463. The van der Waals surface area contributed by atoms with Crippen LogP contribution < -0.4 is 15.6 Å². The van der Waals surface area contributed by atoms with Gasteiger partial charge in [0.1, 0.15) is 5.75 Å². The number of ether oxygens (including phenoxy) is 1. The molecule has 0 bridgehead atoms. The summed E-state index contributed by atoms with van der Waals surface area (Å²) in [6.07, 6.45) is 1.41. The Morgan fingerprint density at radius 2 is 1.97 bits per heavy atom. The van der Waals surface area contributed by atoms with E-state index in [1.165, 1.54) is 26.3 Å². The molecule has 0 unspecified atom stereocenters. The molecule has 1 amide bonds. The van der Waals surface area contributed by atoms with E-state index in [2.05, 4.69) is 10.3 Å². The van der Waals surface area contributed by atoms with Crippen molar-refractivity contribution in [3.63, 3.8) is 0 Å². The summed E-state index contributed by atoms with van der Waals surface area (Å²) in [7, 11) is 2.91. The zero-order valence-corrected chi connectivity index (χ0v) is 17.7. The summed E-state index contributed by atoms with van der Waals surface area (Å²) < 4.78 is 38.5. The predicted octanol–water partition coefficient (Wildman–Crippen LogP) is 3.04. The molecule has 0 aliphatic rings. The fourth-order valence-corrected chi connectivity index (χ4v) is 3.43. The van der Waals surface area contributed by atoms with Crippen LogP contribution in [0.5, 0.6) is 11.6 Å². The maximum Gasteiger partial charge on any atom is 0.287 e. The van der Waals surface area contributed by atoms with Crippen molar-refractivity contribution < 1.29 is 27.8 Å². The third-order valence-electron chi connectivity index (χ3n) is 5.17. The molecule has 0 aliphatic heterocycles. The molecule has 0 atom stereocenters. The van der Waals surface area contributed by atoms with E-state index >= 15 is 0 Å². The van der Waals surface area contributed by atoms with Gasteiger partial charge in [-0.1, -0.05) is 6.07 Å². The molecule has 33 heavy (non-hydrogen) atoms. The second-order valence-corrected chi connectivity index (χ2v) is 7.34. The van der Waals surface area contributed by atoms with Crippen LogP contribution in [0.1, 0.15) is 27.2 Å². The van der Waals surface area contributed by atoms with Crippen molar-refractivity contribution in [1.29, 1.82) is 0 Å². The van der Waals surface area contributed by atoms with E-state index in [4.69, 9.17) is 9.15 Å². The number of nitrogens with one attached hydrogen (secondary N) is 1. The summed E-state index contributed by atoms with van der Waals surface area (Å²) in [5, 5.41) is 13.5. The molecule has 10 heteroatoms. The van der Waals surface area contributed by atoms with E-state index in [-0.39, 0.29) is 41.1 Å². The Hall–Kier alpha value is -4.21. The van der Waals surface area contributed by atoms with Gasteiger partial charge in [-0.15, -0.1) is 0 Å². The molecule has 0 aliphatic carbocycles. The number of methoxy groups -OCH3 is 1. The molecule has 8 nitrogen and oxygen atoms in total. The monoisotopic (exact) mass is 455 g/mol. The number of carbonyl (C=O) groups excluding carboxylic acids is 1. The van der Waals surface area contributed by atoms with Gasteiger partial charge < -0.3 is 19.6 Å². The number of benzene rings is 1. The number of carbonyl (C=O) groups is 1. The molecule has 1 aromatic carbocycles. The van der Waals surface area contributed by atoms with E-state index in [9.17, 15) is 23.5 Å². The molecule has 3 heterocycles. The van der Waals surface area contributed by atoms with Crippen LogP contribution in [0.3, 0.4) is 0 Å². The molecule has 170 valence electrons. The maximum absolute atomic E-state index is 13.6. The molecule has 0 fully saturated rings. The van der Waals surface area contributed by atoms with Crippen molar-refractivity contribution in [3.8, 4) is 11.6 Å². The number of nitrogens with zero attached hydrogens (tertiary/aromatic N) is 2. The number of hydrogen-bond acceptors (Lipinski definition) is 6. The smallest absolute Gasteiger partial charge is 0.287 e. The third-order valence-corrected chi connectivity index (χ3v) is 5.17. The number of amides is 1. The summed E-state index contributed by atoms with van der Waals surface area (Å²) in [6, 6.07) is 7.93. The summed E-state index contributed by atoms with van der Waals surface area (Å²) >= 11 is 0. The number of aromatic hydroxyl groups is 1. The molecule has 0 radical (unpaired) electrons. The van der Waals surface area contributed by atoms with Gasteiger partial charge in [0.05, 0.1) is 18.1 Å². The predicted molar refractivity (Wildman–Crippen MR) is 114 cm³/mol. The molecule has 0 spiro atoms. The van der Waals surface area contributed by atoms with E-state index in [1.54, 1.807) is 18.3 Å². The first-order chi connectivity index (χ1) is 15.8. The van der Waals surface area contributed by atoms with Crippen molar-refractivity contribution in [2.75, 3.05) is 7.11 Å². The summed E-state index contributed by atoms with van der Waals surface area (Å²) in [5.74, 6) is -2.73. The van der Waals surface area contributed by atoms with Crippen LogP contribution in [-0.2, 0) is 20.0 Å². The number of fused-ring (bicyclic) bond motifs is 1. The lowest BCUT2D eigenvalue weighted by molar-refractivity contribution is 0.0924. The van der Waals surface area contributed by atoms with Crippen LogP contribution in [-0.4, -0.2) is 27.7 Å². The van der Waals surface area contributed by atoms with Gasteiger partial charge in [-0.3, -0.25) is 14.2 Å². The van der Waals surface area contributed by atoms with Crippen molar-refractivity contribution in [1.82, 2.24) is 14.9 Å². The highest BCUT2D eigenvalue weighted by molar-refractivity contribution is 5.97. The number of furan rings is 1. The van der Waals surface area contributed by atoms with Gasteiger partial charge in [0.2, 0.25) is 11.6 Å². The SMILES string of the molecule is COc1cc(CNC(=O)c2cc3c(O)c(Cc4ccc(F)c(F)c4)c(=O)n(C)c3o2)ccn1. The molecule has 0 saturated heterocycles. The number of aromatic nitrogens is 2. The topological polar surface area (TPSA) is 107 Å². The van der Waals surface area contributed by atoms with Crippen LogP contribution in [0, 0.1) is 11.6 Å². The fourth-order valence-electron chi connectivity index (χ4n) is 3.43. The van der Waals surface area contributed by atoms with E-state index in [0.29, 0.717) is 11.4 Å². The van der Waals surface area contributed by atoms with Crippen molar-refractivity contribution >= 4 is 17.0 Å². The number of rotatable bonds is 6. The summed E-state index contributed by atoms with van der Waals surface area (Å²) in [6.45, 7) is 0.168. The molecule has 0 saturated carbocycles. The molecular weight excluding hydrogens is 436 g/mol. The highest BCUT2D eigenvalue weighted by Crippen LogP contribution is 2.30. The van der Waals surface area contributed by atoms with Gasteiger partial charge in [-0.25, -0.2) is 13.8 Å². The minimum atomic E-state index is -1.06. The summed E-state index contributed by atoms with van der Waals surface area (Å²) in [4.78, 5) is 29.4. The maximum atomic E-state index is 13.6. The minimum absolute atomic E-state index is 0.00210. The lowest BCUT2D eigenvalue weighted by Crippen LogP contribution is -2.22. The standard InChI is InChI=1S/C23H19F2N3O5/c1-28-22(31)14(7-12-3-4-16(24)17(25)8-12)20(29)15-10-18(33-23(15)28)21(30)27-11-13-5-6-26-19(9-13)32-2/h3-6,8-10,29H,7,11H2,1-2H3,(H,27,30). The molecular formula is C23H19F2N3O5. The van der Waals surface area contributed by atoms with E-state index in [0.717, 1.165) is 22.3 Å². The van der Waals surface area contributed by atoms with Crippen molar-refractivity contribution in [2.45, 2.75) is 13.0 Å². The lowest BCUT2D eigenvalue weighted by Gasteiger charge is -2.08. The van der Waals surface area contributed by atoms with Gasteiger partial charge in [0, 0.05) is 38.3 Å². The Balaban J connectivity index is 1.63. The molecule has 4 rings (SSSR count). The Labute approximate surface area is 186 Å². The van der Waals surface area contributed by atoms with E-state index < -0.39 is 23.1 Å². The van der Waals surface area contributed by atoms with Crippen LogP contribution in [0.4, 0.5) is 8.78 Å². The number of hydrogen-bond donors (Lipinski definition) is 2. The Kier molecular flexibility index (Phi) is 5.82. The highest BCUT2D eigenvalue weighted by atomic mass is 19.2. The average molecular weight is 455 g/mol. The molecule has 4 aromatic rings. The minimum Gasteiger partial charge on any atom is -0.507 e. The lowest BCUT2D eigenvalue weighted by atomic mass is 10.0. The number of halogens is 2. The van der Waals surface area contributed by atoms with Crippen LogP contribution in [0.15, 0.2) is 51.8 Å². The number of pyridine rings is 2. The van der Waals surface area contributed by atoms with Gasteiger partial charge in [-0.2, -0.15) is 0 Å². The molecule has 3 aromatic heterocycles. The van der Waals surface area contributed by atoms with E-state index in [1.807, 2.05) is 0 Å². The average Bonchev–Trinajstić information content (AvgIpc) is 3.27. The van der Waals surface area contributed by atoms with Crippen molar-refractivity contribution in [3.05, 3.63) is 87.0 Å². The fraction of sp³-hybridized carbons (Fsp3) is 0.174. The summed E-state index contributed by atoms with van der Waals surface area (Å²) in [5.41, 5.74) is 0.426. The van der Waals surface area contributed by atoms with Crippen LogP contribution in [0.25, 0.3) is 11.1 Å². The second-order valence-electron chi connectivity index (χ2n) is 7.34. The third kappa shape index (κ3) is 4.27. The Morgan fingerprint density at radius 3 is 2.70 bits per heavy atom. The van der Waals surface area contributed by atoms with Crippen LogP contribution in [0.2, 0.25) is 0 Å². The Bertz CT molecular complexity index is 1430. The van der Waals surface area contributed by atoms with Gasteiger partial charge in [0.15, 0.2) is 17.4 Å². The largest absolute Gasteiger partial charge is 0.507 e. The first kappa shape index (κ1) is 22.0. The number of aryl methyl sites for hydroxylation is 1. The second kappa shape index (κ2) is 8.73. The zero-order valence-electron chi connectivity index (χ0n) is 17.7. The Morgan fingerprint density at radius 1 is 1.18 bits per heavy atom. The van der Waals surface area contributed by atoms with Gasteiger partial charge in [-0.05, 0) is 29.3 Å². The first-order valence-electron chi connectivity index (χ1n) is 9.84. The van der Waals surface area contributed by atoms with Crippen molar-refractivity contribution in [2.24, 2.45) is 7.05 Å². The van der Waals surface area contributed by atoms with Gasteiger partial charge in [0.25, 0.3) is 11.5 Å². The van der Waals surface area contributed by atoms with Gasteiger partial charge >= 0.3 is 0 Å². The van der Waals surface area contributed by atoms with Crippen LogP contribution >= 0.6 is 0 Å². The normalized spacial score (nSPS) is 11.0. The zero-order chi connectivity index (χ0) is 23.7. The first-order valence-corrected chi connectivity index (χ1v) is 9.84. The molecule has 2 N–H and O–H groups in total. The highest BCUT2D eigenvalue weighted by Gasteiger charge is 2.22.